The molecule has 0 saturated heterocycles. The van der Waals surface area contributed by atoms with Crippen molar-refractivity contribution in [2.24, 2.45) is 5.92 Å². The van der Waals surface area contributed by atoms with Crippen LogP contribution in [-0.2, 0) is 36.8 Å². The Morgan fingerprint density at radius 3 is 2.53 bits per heavy atom. The van der Waals surface area contributed by atoms with Crippen LogP contribution in [0.25, 0.3) is 10.9 Å². The number of aromatic amines is 2. The predicted octanol–water partition coefficient (Wildman–Crippen LogP) is 1.56. The normalized spacial score (nSPS) is 19.2. The van der Waals surface area contributed by atoms with E-state index in [0.29, 0.717) is 11.3 Å². The number of H-pyrrole nitrogens is 2. The summed E-state index contributed by atoms with van der Waals surface area (Å²) in [6.45, 7) is 3.62. The molecule has 278 valence electrons. The molecule has 2 aromatic heterocycles. The number of methoxy groups -OCH3 is 1. The second-order valence-electron chi connectivity index (χ2n) is 13.1. The minimum atomic E-state index is -1.19. The third kappa shape index (κ3) is 10.0. The standard InChI is InChI=1S/C38H44N8O7/c1-23(2)34-37(50)40-12-14-53-27-10-8-24(9-11-27)16-31(43-35(48)30-17-25(19-39)20-41-30)36(49)44-32(18-26-21-42-29-7-5-4-6-28(26)29)38(51)46(13-15-52-3)22-33(47)45-34/h4-11,17,20-21,23,31-32,34,41-42H,12-16,18,22H2,1-3H3,(H,40,50)(H,43,48)(H,44,49)(H,45,47)/t31-,32-,34-/m0/s1. The quantitative estimate of drug-likeness (QED) is 0.147. The van der Waals surface area contributed by atoms with Gasteiger partial charge < -0.3 is 45.6 Å². The molecule has 2 aromatic carbocycles. The van der Waals surface area contributed by atoms with Crippen LogP contribution >= 0.6 is 0 Å². The zero-order valence-corrected chi connectivity index (χ0v) is 29.9. The number of amides is 5. The molecule has 4 aromatic rings. The Balaban J connectivity index is 1.52. The van der Waals surface area contributed by atoms with Gasteiger partial charge in [-0.25, -0.2) is 0 Å². The first-order chi connectivity index (χ1) is 25.6. The van der Waals surface area contributed by atoms with Gasteiger partial charge in [0.1, 0.15) is 42.2 Å². The molecule has 0 saturated carbocycles. The largest absolute Gasteiger partial charge is 0.492 e. The highest BCUT2D eigenvalue weighted by atomic mass is 16.5. The molecule has 15 nitrogen and oxygen atoms in total. The second kappa shape index (κ2) is 17.9. The van der Waals surface area contributed by atoms with Crippen molar-refractivity contribution in [3.05, 3.63) is 89.4 Å². The summed E-state index contributed by atoms with van der Waals surface area (Å²) in [7, 11) is 1.47. The van der Waals surface area contributed by atoms with E-state index in [9.17, 15) is 29.2 Å². The number of fused-ring (bicyclic) bond motifs is 18. The van der Waals surface area contributed by atoms with Gasteiger partial charge in [0.05, 0.1) is 25.3 Å². The fourth-order valence-electron chi connectivity index (χ4n) is 6.06. The number of aromatic nitrogens is 2. The number of hydrogen-bond donors (Lipinski definition) is 6. The molecule has 0 fully saturated rings. The SMILES string of the molecule is COCCN1CC(=O)N[C@@H](C(C)C)C(=O)NCCOc2ccc(cc2)C[C@H](NC(=O)c2cc(C#N)c[nH]2)C(=O)N[C@@H](Cc2c[nH]c3ccccc23)C1=O. The van der Waals surface area contributed by atoms with Crippen molar-refractivity contribution in [3.8, 4) is 11.8 Å². The number of nitrogens with one attached hydrogen (secondary N) is 6. The van der Waals surface area contributed by atoms with Crippen molar-refractivity contribution >= 4 is 40.4 Å². The van der Waals surface area contributed by atoms with Crippen molar-refractivity contribution in [2.45, 2.75) is 44.8 Å². The fourth-order valence-corrected chi connectivity index (χ4v) is 6.06. The Bertz CT molecular complexity index is 1960. The van der Waals surface area contributed by atoms with Crippen LogP contribution in [0.3, 0.4) is 0 Å². The van der Waals surface area contributed by atoms with Crippen molar-refractivity contribution < 1.29 is 33.4 Å². The number of nitrogens with zero attached hydrogens (tertiary/aromatic N) is 2. The maximum absolute atomic E-state index is 14.5. The predicted molar refractivity (Wildman–Crippen MR) is 195 cm³/mol. The van der Waals surface area contributed by atoms with Crippen LogP contribution < -0.4 is 26.0 Å². The van der Waals surface area contributed by atoms with Gasteiger partial charge in [-0.2, -0.15) is 5.26 Å². The molecule has 2 aliphatic rings. The van der Waals surface area contributed by atoms with E-state index in [4.69, 9.17) is 9.47 Å². The van der Waals surface area contributed by atoms with Gasteiger partial charge in [0.2, 0.25) is 23.6 Å². The maximum atomic E-state index is 14.5. The molecule has 15 heteroatoms. The molecule has 0 aliphatic carbocycles. The lowest BCUT2D eigenvalue weighted by atomic mass is 10.0. The number of nitriles is 1. The molecule has 53 heavy (non-hydrogen) atoms. The van der Waals surface area contributed by atoms with Gasteiger partial charge in [-0.05, 0) is 41.3 Å². The van der Waals surface area contributed by atoms with Gasteiger partial charge in [-0.3, -0.25) is 24.0 Å². The van der Waals surface area contributed by atoms with Gasteiger partial charge in [-0.15, -0.1) is 0 Å². The molecule has 0 spiro atoms. The molecular formula is C38H44N8O7. The van der Waals surface area contributed by atoms with Gasteiger partial charge in [-0.1, -0.05) is 44.2 Å². The van der Waals surface area contributed by atoms with E-state index < -0.39 is 54.2 Å². The van der Waals surface area contributed by atoms with Crippen LogP contribution in [-0.4, -0.2) is 102 Å². The van der Waals surface area contributed by atoms with E-state index in [-0.39, 0.29) is 56.3 Å². The molecule has 6 N–H and O–H groups in total. The van der Waals surface area contributed by atoms with Crippen LogP contribution in [0.2, 0.25) is 0 Å². The molecule has 6 rings (SSSR count). The monoisotopic (exact) mass is 724 g/mol. The molecule has 4 heterocycles. The summed E-state index contributed by atoms with van der Waals surface area (Å²) in [6, 6.07) is 14.6. The van der Waals surface area contributed by atoms with E-state index >= 15 is 0 Å². The summed E-state index contributed by atoms with van der Waals surface area (Å²) in [5, 5.41) is 21.3. The second-order valence-corrected chi connectivity index (χ2v) is 13.1. The molecular weight excluding hydrogens is 680 g/mol. The number of rotatable bonds is 8. The van der Waals surface area contributed by atoms with E-state index in [1.165, 1.54) is 24.3 Å². The van der Waals surface area contributed by atoms with E-state index in [0.717, 1.165) is 16.5 Å². The Kier molecular flexibility index (Phi) is 12.8. The molecule has 0 unspecified atom stereocenters. The van der Waals surface area contributed by atoms with Crippen molar-refractivity contribution in [2.75, 3.05) is 40.0 Å². The molecule has 2 aliphatic heterocycles. The number of hydrogen-bond acceptors (Lipinski definition) is 8. The molecule has 2 bridgehead atoms. The van der Waals surface area contributed by atoms with Gasteiger partial charge in [0, 0.05) is 49.8 Å². The number of ether oxygens (including phenoxy) is 2. The average molecular weight is 725 g/mol. The van der Waals surface area contributed by atoms with Gasteiger partial charge in [0.15, 0.2) is 0 Å². The maximum Gasteiger partial charge on any atom is 0.268 e. The van der Waals surface area contributed by atoms with E-state index in [1.807, 2.05) is 30.3 Å². The minimum absolute atomic E-state index is 0.0133. The first kappa shape index (κ1) is 38.1. The minimum Gasteiger partial charge on any atom is -0.492 e. The average Bonchev–Trinajstić information content (AvgIpc) is 3.81. The zero-order valence-electron chi connectivity index (χ0n) is 29.9. The highest BCUT2D eigenvalue weighted by Crippen LogP contribution is 2.21. The highest BCUT2D eigenvalue weighted by molar-refractivity contribution is 5.98. The van der Waals surface area contributed by atoms with Crippen LogP contribution in [0.4, 0.5) is 0 Å². The fraction of sp³-hybridized carbons (Fsp3) is 0.368. The topological polar surface area (TPSA) is 211 Å². The summed E-state index contributed by atoms with van der Waals surface area (Å²) < 4.78 is 11.1. The van der Waals surface area contributed by atoms with Crippen LogP contribution in [0, 0.1) is 17.2 Å². The number of benzene rings is 2. The van der Waals surface area contributed by atoms with E-state index in [1.54, 1.807) is 44.3 Å². The van der Waals surface area contributed by atoms with Crippen LogP contribution in [0.15, 0.2) is 67.0 Å². The van der Waals surface area contributed by atoms with Crippen LogP contribution in [0.1, 0.15) is 41.0 Å². The lowest BCUT2D eigenvalue weighted by Crippen LogP contribution is -2.58. The van der Waals surface area contributed by atoms with E-state index in [2.05, 4.69) is 31.2 Å². The Morgan fingerprint density at radius 2 is 1.81 bits per heavy atom. The summed E-state index contributed by atoms with van der Waals surface area (Å²) in [6.07, 6.45) is 3.24. The number of carbonyl (C=O) groups is 5. The van der Waals surface area contributed by atoms with Crippen molar-refractivity contribution in [3.63, 3.8) is 0 Å². The van der Waals surface area contributed by atoms with Crippen molar-refractivity contribution in [1.82, 2.24) is 36.1 Å². The van der Waals surface area contributed by atoms with Crippen molar-refractivity contribution in [1.29, 1.82) is 5.26 Å². The first-order valence-electron chi connectivity index (χ1n) is 17.4. The lowest BCUT2D eigenvalue weighted by molar-refractivity contribution is -0.141. The summed E-state index contributed by atoms with van der Waals surface area (Å²) in [5.74, 6) is -2.55. The van der Waals surface area contributed by atoms with Crippen LogP contribution in [0.5, 0.6) is 5.75 Å². The molecule has 0 radical (unpaired) electrons. The third-order valence-corrected chi connectivity index (χ3v) is 8.90. The summed E-state index contributed by atoms with van der Waals surface area (Å²) >= 11 is 0. The van der Waals surface area contributed by atoms with Gasteiger partial charge >= 0.3 is 0 Å². The molecule has 3 atom stereocenters. The zero-order chi connectivity index (χ0) is 37.9. The van der Waals surface area contributed by atoms with Gasteiger partial charge in [0.25, 0.3) is 5.91 Å². The Labute approximate surface area is 306 Å². The summed E-state index contributed by atoms with van der Waals surface area (Å²) in [5.41, 5.74) is 2.59. The molecule has 5 amide bonds. The Hall–Kier alpha value is -6.14. The lowest BCUT2D eigenvalue weighted by Gasteiger charge is -2.30. The smallest absolute Gasteiger partial charge is 0.268 e. The third-order valence-electron chi connectivity index (χ3n) is 8.90. The summed E-state index contributed by atoms with van der Waals surface area (Å²) in [4.78, 5) is 76.0. The first-order valence-corrected chi connectivity index (χ1v) is 17.4. The highest BCUT2D eigenvalue weighted by Gasteiger charge is 2.33. The Morgan fingerprint density at radius 1 is 1.04 bits per heavy atom. The number of para-hydroxylation sites is 1. The number of carbonyl (C=O) groups excluding carboxylic acids is 5.